The van der Waals surface area contributed by atoms with Crippen LogP contribution >= 0.6 is 11.3 Å². The highest BCUT2D eigenvalue weighted by Crippen LogP contribution is 2.43. The molecule has 1 aliphatic carbocycles. The summed E-state index contributed by atoms with van der Waals surface area (Å²) in [4.78, 5) is 8.62. The molecular weight excluding hydrogens is 230 g/mol. The number of nitrogens with zero attached hydrogens (tertiary/aromatic N) is 2. The topological polar surface area (TPSA) is 37.8 Å². The first kappa shape index (κ1) is 11.0. The number of hydrogen-bond acceptors (Lipinski definition) is 4. The van der Waals surface area contributed by atoms with Gasteiger partial charge in [0.2, 0.25) is 0 Å². The maximum Gasteiger partial charge on any atom is 0.147 e. The number of thiophene rings is 1. The van der Waals surface area contributed by atoms with Crippen molar-refractivity contribution in [3.8, 4) is 0 Å². The summed E-state index contributed by atoms with van der Waals surface area (Å²) in [5.41, 5.74) is 1.57. The fourth-order valence-corrected chi connectivity index (χ4v) is 3.33. The van der Waals surface area contributed by atoms with Crippen LogP contribution in [-0.4, -0.2) is 16.5 Å². The van der Waals surface area contributed by atoms with E-state index in [1.165, 1.54) is 30.4 Å². The summed E-state index contributed by atoms with van der Waals surface area (Å²) in [5.74, 6) is 1.00. The molecule has 3 rings (SSSR count). The van der Waals surface area contributed by atoms with Gasteiger partial charge in [-0.1, -0.05) is 13.3 Å². The van der Waals surface area contributed by atoms with Gasteiger partial charge in [0.25, 0.3) is 0 Å². The summed E-state index contributed by atoms with van der Waals surface area (Å²) in [6.45, 7) is 3.34. The van der Waals surface area contributed by atoms with E-state index in [-0.39, 0.29) is 0 Å². The Morgan fingerprint density at radius 1 is 1.41 bits per heavy atom. The molecule has 0 unspecified atom stereocenters. The van der Waals surface area contributed by atoms with Gasteiger partial charge in [-0.15, -0.1) is 11.3 Å². The molecule has 2 aromatic heterocycles. The van der Waals surface area contributed by atoms with Crippen LogP contribution < -0.4 is 5.32 Å². The number of fused-ring (bicyclic) bond motifs is 1. The second-order valence-corrected chi connectivity index (χ2v) is 5.83. The lowest BCUT2D eigenvalue weighted by atomic mass is 9.67. The lowest BCUT2D eigenvalue weighted by Gasteiger charge is -2.41. The van der Waals surface area contributed by atoms with Crippen molar-refractivity contribution >= 4 is 27.4 Å². The van der Waals surface area contributed by atoms with Gasteiger partial charge >= 0.3 is 0 Å². The average Bonchev–Trinajstić information content (AvgIpc) is 2.77. The predicted molar refractivity (Wildman–Crippen MR) is 72.5 cm³/mol. The molecule has 2 aromatic rings. The van der Waals surface area contributed by atoms with Crippen molar-refractivity contribution < 1.29 is 0 Å². The highest BCUT2D eigenvalue weighted by Gasteiger charge is 2.34. The summed E-state index contributed by atoms with van der Waals surface area (Å²) in [5, 5.41) is 5.60. The molecule has 2 heterocycles. The van der Waals surface area contributed by atoms with E-state index in [0.717, 1.165) is 17.9 Å². The first-order valence-corrected chi connectivity index (χ1v) is 7.13. The van der Waals surface area contributed by atoms with Crippen molar-refractivity contribution in [3.05, 3.63) is 17.8 Å². The standard InChI is InChI=1S/C13H17N3S/c1-2-13(5-3-6-13)8-14-12-11-10(4-7-17-11)15-9-16-12/h4,7,9H,2-3,5-6,8H2,1H3,(H,14,15,16). The molecule has 0 spiro atoms. The summed E-state index contributed by atoms with van der Waals surface area (Å²) in [6.07, 6.45) is 7.01. The minimum Gasteiger partial charge on any atom is -0.368 e. The van der Waals surface area contributed by atoms with E-state index < -0.39 is 0 Å². The quantitative estimate of drug-likeness (QED) is 0.895. The van der Waals surface area contributed by atoms with Gasteiger partial charge in [-0.2, -0.15) is 0 Å². The van der Waals surface area contributed by atoms with Gasteiger partial charge < -0.3 is 5.32 Å². The highest BCUT2D eigenvalue weighted by molar-refractivity contribution is 7.17. The fourth-order valence-electron chi connectivity index (χ4n) is 2.52. The van der Waals surface area contributed by atoms with Gasteiger partial charge in [0.05, 0.1) is 10.2 Å². The van der Waals surface area contributed by atoms with Crippen LogP contribution in [-0.2, 0) is 0 Å². The third-order valence-electron chi connectivity index (χ3n) is 4.04. The predicted octanol–water partition coefficient (Wildman–Crippen LogP) is 3.68. The Balaban J connectivity index is 1.78. The zero-order valence-corrected chi connectivity index (χ0v) is 10.9. The average molecular weight is 247 g/mol. The number of aromatic nitrogens is 2. The molecule has 0 radical (unpaired) electrons. The maximum atomic E-state index is 4.36. The van der Waals surface area contributed by atoms with Gasteiger partial charge in [0, 0.05) is 6.54 Å². The fraction of sp³-hybridized carbons (Fsp3) is 0.538. The van der Waals surface area contributed by atoms with Crippen molar-refractivity contribution in [1.82, 2.24) is 9.97 Å². The molecule has 1 saturated carbocycles. The zero-order chi connectivity index (χ0) is 11.7. The summed E-state index contributed by atoms with van der Waals surface area (Å²) >= 11 is 1.71. The van der Waals surface area contributed by atoms with Crippen molar-refractivity contribution in [3.63, 3.8) is 0 Å². The number of nitrogens with one attached hydrogen (secondary N) is 1. The zero-order valence-electron chi connectivity index (χ0n) is 10.1. The lowest BCUT2D eigenvalue weighted by Crippen LogP contribution is -2.36. The van der Waals surface area contributed by atoms with Crippen molar-refractivity contribution in [1.29, 1.82) is 0 Å². The van der Waals surface area contributed by atoms with E-state index in [4.69, 9.17) is 0 Å². The number of hydrogen-bond donors (Lipinski definition) is 1. The molecule has 17 heavy (non-hydrogen) atoms. The van der Waals surface area contributed by atoms with Crippen LogP contribution in [0.1, 0.15) is 32.6 Å². The molecule has 0 aliphatic heterocycles. The Labute approximate surface area is 105 Å². The molecule has 90 valence electrons. The van der Waals surface area contributed by atoms with E-state index in [9.17, 15) is 0 Å². The third kappa shape index (κ3) is 1.90. The van der Waals surface area contributed by atoms with Gasteiger partial charge in [-0.05, 0) is 36.1 Å². The second-order valence-electron chi connectivity index (χ2n) is 4.92. The van der Waals surface area contributed by atoms with E-state index >= 15 is 0 Å². The van der Waals surface area contributed by atoms with Crippen LogP contribution in [0, 0.1) is 5.41 Å². The highest BCUT2D eigenvalue weighted by atomic mass is 32.1. The van der Waals surface area contributed by atoms with Gasteiger partial charge in [-0.25, -0.2) is 9.97 Å². The summed E-state index contributed by atoms with van der Waals surface area (Å²) in [6, 6.07) is 2.05. The van der Waals surface area contributed by atoms with Crippen LogP contribution in [0.4, 0.5) is 5.82 Å². The molecule has 0 atom stereocenters. The molecule has 3 nitrogen and oxygen atoms in total. The molecule has 1 aliphatic rings. The molecule has 1 N–H and O–H groups in total. The van der Waals surface area contributed by atoms with E-state index in [1.807, 2.05) is 6.07 Å². The molecule has 0 amide bonds. The third-order valence-corrected chi connectivity index (χ3v) is 4.95. The van der Waals surface area contributed by atoms with Gasteiger partial charge in [-0.3, -0.25) is 0 Å². The first-order chi connectivity index (χ1) is 8.33. The minimum absolute atomic E-state index is 0.522. The Morgan fingerprint density at radius 2 is 2.29 bits per heavy atom. The van der Waals surface area contributed by atoms with Crippen LogP contribution in [0.25, 0.3) is 10.2 Å². The SMILES string of the molecule is CCC1(CNc2ncnc3ccsc23)CCC1. The maximum absolute atomic E-state index is 4.36. The van der Waals surface area contributed by atoms with Gasteiger partial charge in [0.15, 0.2) is 0 Å². The Morgan fingerprint density at radius 3 is 3.00 bits per heavy atom. The van der Waals surface area contributed by atoms with Gasteiger partial charge in [0.1, 0.15) is 12.1 Å². The van der Waals surface area contributed by atoms with E-state index in [0.29, 0.717) is 5.41 Å². The van der Waals surface area contributed by atoms with Crippen molar-refractivity contribution in [2.75, 3.05) is 11.9 Å². The van der Waals surface area contributed by atoms with Crippen molar-refractivity contribution in [2.24, 2.45) is 5.41 Å². The minimum atomic E-state index is 0.522. The Bertz CT molecular complexity index is 511. The second kappa shape index (κ2) is 4.26. The van der Waals surface area contributed by atoms with E-state index in [1.54, 1.807) is 17.7 Å². The first-order valence-electron chi connectivity index (χ1n) is 6.25. The molecule has 1 fully saturated rings. The van der Waals surface area contributed by atoms with Crippen LogP contribution in [0.5, 0.6) is 0 Å². The normalized spacial score (nSPS) is 17.9. The molecule has 0 bridgehead atoms. The number of anilines is 1. The molecule has 0 aromatic carbocycles. The number of rotatable bonds is 4. The lowest BCUT2D eigenvalue weighted by molar-refractivity contribution is 0.145. The molecule has 4 heteroatoms. The molecular formula is C13H17N3S. The smallest absolute Gasteiger partial charge is 0.147 e. The van der Waals surface area contributed by atoms with Crippen LogP contribution in [0.3, 0.4) is 0 Å². The summed E-state index contributed by atoms with van der Waals surface area (Å²) in [7, 11) is 0. The molecule has 0 saturated heterocycles. The van der Waals surface area contributed by atoms with E-state index in [2.05, 4.69) is 27.6 Å². The van der Waals surface area contributed by atoms with Crippen molar-refractivity contribution in [2.45, 2.75) is 32.6 Å². The Kier molecular flexibility index (Phi) is 2.74. The largest absolute Gasteiger partial charge is 0.368 e. The Hall–Kier alpha value is -1.16. The van der Waals surface area contributed by atoms with Crippen LogP contribution in [0.15, 0.2) is 17.8 Å². The van der Waals surface area contributed by atoms with Crippen LogP contribution in [0.2, 0.25) is 0 Å². The summed E-state index contributed by atoms with van der Waals surface area (Å²) < 4.78 is 1.18. The monoisotopic (exact) mass is 247 g/mol.